The SMILES string of the molecule is C[C@@H]1C(=O)Nc2ccc(C(=O)COC(=O)CNC(=O)c3ccc(Cl)cc3)cc21. The van der Waals surface area contributed by atoms with Crippen LogP contribution in [0.3, 0.4) is 0 Å². The summed E-state index contributed by atoms with van der Waals surface area (Å²) < 4.78 is 4.92. The molecule has 0 saturated carbocycles. The van der Waals surface area contributed by atoms with Crippen molar-refractivity contribution in [1.29, 1.82) is 0 Å². The minimum Gasteiger partial charge on any atom is -0.456 e. The highest BCUT2D eigenvalue weighted by atomic mass is 35.5. The second-order valence-corrected chi connectivity index (χ2v) is 6.72. The molecule has 8 heteroatoms. The first-order chi connectivity index (χ1) is 13.3. The van der Waals surface area contributed by atoms with Gasteiger partial charge in [0.15, 0.2) is 12.4 Å². The molecule has 0 bridgehead atoms. The van der Waals surface area contributed by atoms with E-state index in [0.717, 1.165) is 5.56 Å². The van der Waals surface area contributed by atoms with Crippen molar-refractivity contribution in [3.05, 3.63) is 64.2 Å². The summed E-state index contributed by atoms with van der Waals surface area (Å²) in [5, 5.41) is 5.63. The maximum absolute atomic E-state index is 12.2. The molecule has 3 rings (SSSR count). The lowest BCUT2D eigenvalue weighted by molar-refractivity contribution is -0.141. The van der Waals surface area contributed by atoms with E-state index in [9.17, 15) is 19.2 Å². The average molecular weight is 401 g/mol. The molecule has 1 aliphatic rings. The highest BCUT2D eigenvalue weighted by Gasteiger charge is 2.27. The van der Waals surface area contributed by atoms with Gasteiger partial charge in [-0.3, -0.25) is 19.2 Å². The summed E-state index contributed by atoms with van der Waals surface area (Å²) in [5.74, 6) is -2.05. The number of ether oxygens (including phenoxy) is 1. The highest BCUT2D eigenvalue weighted by molar-refractivity contribution is 6.30. The smallest absolute Gasteiger partial charge is 0.325 e. The Balaban J connectivity index is 1.49. The Morgan fingerprint density at radius 1 is 1.11 bits per heavy atom. The Morgan fingerprint density at radius 3 is 2.50 bits per heavy atom. The molecule has 2 N–H and O–H groups in total. The fourth-order valence-corrected chi connectivity index (χ4v) is 2.85. The number of Topliss-reactive ketones (excluding diaryl/α,β-unsaturated/α-hetero) is 1. The Hall–Kier alpha value is -3.19. The van der Waals surface area contributed by atoms with Gasteiger partial charge in [0.2, 0.25) is 5.91 Å². The van der Waals surface area contributed by atoms with Gasteiger partial charge in [0, 0.05) is 21.8 Å². The standard InChI is InChI=1S/C20H17ClN2O5/c1-11-15-8-13(4-7-16(15)23-19(11)26)17(24)10-28-18(25)9-22-20(27)12-2-5-14(21)6-3-12/h2-8,11H,9-10H2,1H3,(H,22,27)(H,23,26)/t11-/m0/s1. The summed E-state index contributed by atoms with van der Waals surface area (Å²) in [4.78, 5) is 47.6. The maximum atomic E-state index is 12.2. The number of amides is 2. The molecule has 0 aromatic heterocycles. The minimum atomic E-state index is -0.734. The fourth-order valence-electron chi connectivity index (χ4n) is 2.73. The van der Waals surface area contributed by atoms with Gasteiger partial charge in [-0.25, -0.2) is 0 Å². The van der Waals surface area contributed by atoms with Gasteiger partial charge in [-0.05, 0) is 55.0 Å². The van der Waals surface area contributed by atoms with Gasteiger partial charge in [0.05, 0.1) is 5.92 Å². The molecule has 0 radical (unpaired) electrons. The van der Waals surface area contributed by atoms with Crippen molar-refractivity contribution in [2.75, 3.05) is 18.5 Å². The van der Waals surface area contributed by atoms with Crippen molar-refractivity contribution in [3.8, 4) is 0 Å². The molecule has 28 heavy (non-hydrogen) atoms. The van der Waals surface area contributed by atoms with E-state index >= 15 is 0 Å². The zero-order chi connectivity index (χ0) is 20.3. The molecule has 2 amide bonds. The number of nitrogens with one attached hydrogen (secondary N) is 2. The monoisotopic (exact) mass is 400 g/mol. The molecule has 2 aromatic carbocycles. The van der Waals surface area contributed by atoms with Crippen LogP contribution in [0, 0.1) is 0 Å². The number of hydrogen-bond acceptors (Lipinski definition) is 5. The van der Waals surface area contributed by atoms with Gasteiger partial charge >= 0.3 is 5.97 Å². The largest absolute Gasteiger partial charge is 0.456 e. The van der Waals surface area contributed by atoms with E-state index in [4.69, 9.17) is 16.3 Å². The van der Waals surface area contributed by atoms with Crippen molar-refractivity contribution < 1.29 is 23.9 Å². The third-order valence-corrected chi connectivity index (χ3v) is 4.61. The van der Waals surface area contributed by atoms with E-state index in [1.54, 1.807) is 37.3 Å². The second kappa shape index (κ2) is 8.22. The molecule has 1 atom stereocenters. The topological polar surface area (TPSA) is 102 Å². The van der Waals surface area contributed by atoms with Crippen molar-refractivity contribution >= 4 is 40.9 Å². The number of anilines is 1. The van der Waals surface area contributed by atoms with E-state index in [-0.39, 0.29) is 18.4 Å². The lowest BCUT2D eigenvalue weighted by Crippen LogP contribution is -2.31. The summed E-state index contributed by atoms with van der Waals surface area (Å²) in [7, 11) is 0. The van der Waals surface area contributed by atoms with Crippen molar-refractivity contribution in [2.45, 2.75) is 12.8 Å². The normalized spacial score (nSPS) is 14.8. The molecular formula is C20H17ClN2O5. The van der Waals surface area contributed by atoms with Crippen LogP contribution < -0.4 is 10.6 Å². The molecule has 7 nitrogen and oxygen atoms in total. The summed E-state index contributed by atoms with van der Waals surface area (Å²) in [6.07, 6.45) is 0. The molecule has 0 saturated heterocycles. The van der Waals surface area contributed by atoms with Gasteiger partial charge in [-0.1, -0.05) is 11.6 Å². The zero-order valence-electron chi connectivity index (χ0n) is 15.0. The minimum absolute atomic E-state index is 0.123. The molecule has 0 aliphatic carbocycles. The number of carbonyl (C=O) groups excluding carboxylic acids is 4. The number of ketones is 1. The van der Waals surface area contributed by atoms with Crippen LogP contribution in [0.2, 0.25) is 5.02 Å². The number of esters is 1. The van der Waals surface area contributed by atoms with Crippen LogP contribution in [0.1, 0.15) is 39.1 Å². The summed E-state index contributed by atoms with van der Waals surface area (Å²) in [6, 6.07) is 11.0. The summed E-state index contributed by atoms with van der Waals surface area (Å²) in [5.41, 5.74) is 2.11. The Kier molecular flexibility index (Phi) is 5.75. The predicted molar refractivity (Wildman–Crippen MR) is 103 cm³/mol. The maximum Gasteiger partial charge on any atom is 0.325 e. The number of halogens is 1. The first-order valence-electron chi connectivity index (χ1n) is 8.52. The van der Waals surface area contributed by atoms with Crippen LogP contribution in [-0.4, -0.2) is 36.7 Å². The Bertz CT molecular complexity index is 956. The first kappa shape index (κ1) is 19.6. The molecule has 0 spiro atoms. The number of fused-ring (bicyclic) bond motifs is 1. The van der Waals surface area contributed by atoms with Crippen LogP contribution in [0.15, 0.2) is 42.5 Å². The third-order valence-electron chi connectivity index (χ3n) is 4.36. The molecular weight excluding hydrogens is 384 g/mol. The van der Waals surface area contributed by atoms with Crippen LogP contribution in [0.4, 0.5) is 5.69 Å². The predicted octanol–water partition coefficient (Wildman–Crippen LogP) is 2.55. The van der Waals surface area contributed by atoms with E-state index in [0.29, 0.717) is 21.8 Å². The Morgan fingerprint density at radius 2 is 1.79 bits per heavy atom. The van der Waals surface area contributed by atoms with E-state index < -0.39 is 24.3 Å². The van der Waals surface area contributed by atoms with E-state index in [2.05, 4.69) is 10.6 Å². The molecule has 2 aromatic rings. The highest BCUT2D eigenvalue weighted by Crippen LogP contribution is 2.32. The van der Waals surface area contributed by atoms with Crippen molar-refractivity contribution in [3.63, 3.8) is 0 Å². The van der Waals surface area contributed by atoms with Crippen LogP contribution in [-0.2, 0) is 14.3 Å². The lowest BCUT2D eigenvalue weighted by Gasteiger charge is -2.08. The zero-order valence-corrected chi connectivity index (χ0v) is 15.7. The third kappa shape index (κ3) is 4.37. The number of rotatable bonds is 6. The van der Waals surface area contributed by atoms with Crippen molar-refractivity contribution in [1.82, 2.24) is 5.32 Å². The lowest BCUT2D eigenvalue weighted by atomic mass is 9.99. The van der Waals surface area contributed by atoms with Crippen LogP contribution >= 0.6 is 11.6 Å². The average Bonchev–Trinajstić information content (AvgIpc) is 2.98. The summed E-state index contributed by atoms with van der Waals surface area (Å²) in [6.45, 7) is 0.928. The number of carbonyl (C=O) groups is 4. The van der Waals surface area contributed by atoms with E-state index in [1.807, 2.05) is 0 Å². The summed E-state index contributed by atoms with van der Waals surface area (Å²) >= 11 is 5.75. The first-order valence-corrected chi connectivity index (χ1v) is 8.90. The van der Waals surface area contributed by atoms with Gasteiger partial charge in [0.25, 0.3) is 5.91 Å². The molecule has 1 aliphatic heterocycles. The second-order valence-electron chi connectivity index (χ2n) is 6.29. The number of hydrogen-bond donors (Lipinski definition) is 2. The van der Waals surface area contributed by atoms with Crippen molar-refractivity contribution in [2.24, 2.45) is 0 Å². The van der Waals surface area contributed by atoms with Gasteiger partial charge in [-0.2, -0.15) is 0 Å². The quantitative estimate of drug-likeness (QED) is 0.573. The molecule has 144 valence electrons. The Labute approximate surface area is 166 Å². The van der Waals surface area contributed by atoms with Gasteiger partial charge < -0.3 is 15.4 Å². The van der Waals surface area contributed by atoms with E-state index in [1.165, 1.54) is 12.1 Å². The van der Waals surface area contributed by atoms with Crippen LogP contribution in [0.5, 0.6) is 0 Å². The molecule has 1 heterocycles. The molecule has 0 unspecified atom stereocenters. The van der Waals surface area contributed by atoms with Crippen LogP contribution in [0.25, 0.3) is 0 Å². The van der Waals surface area contributed by atoms with Gasteiger partial charge in [-0.15, -0.1) is 0 Å². The number of benzene rings is 2. The van der Waals surface area contributed by atoms with Gasteiger partial charge in [0.1, 0.15) is 6.54 Å². The fraction of sp³-hybridized carbons (Fsp3) is 0.200. The molecule has 0 fully saturated rings.